The molecule has 6 nitrogen and oxygen atoms in total. The average molecular weight is 401 g/mol. The summed E-state index contributed by atoms with van der Waals surface area (Å²) in [6, 6.07) is 5.00. The number of rotatable bonds is 6. The summed E-state index contributed by atoms with van der Waals surface area (Å²) in [5, 5.41) is 6.49. The third-order valence-electron chi connectivity index (χ3n) is 4.36. The van der Waals surface area contributed by atoms with Gasteiger partial charge < -0.3 is 10.6 Å². The van der Waals surface area contributed by atoms with Gasteiger partial charge in [0, 0.05) is 32.2 Å². The molecule has 144 valence electrons. The molecule has 2 rings (SSSR count). The molecule has 0 aliphatic carbocycles. The van der Waals surface area contributed by atoms with Crippen LogP contribution in [0, 0.1) is 0 Å². The van der Waals surface area contributed by atoms with E-state index in [1.54, 1.807) is 18.2 Å². The fourth-order valence-electron chi connectivity index (χ4n) is 2.88. The van der Waals surface area contributed by atoms with E-state index in [4.69, 9.17) is 23.2 Å². The van der Waals surface area contributed by atoms with Crippen molar-refractivity contribution in [3.05, 3.63) is 28.2 Å². The van der Waals surface area contributed by atoms with Crippen molar-refractivity contribution in [2.75, 3.05) is 38.0 Å². The molecule has 1 saturated heterocycles. The molecule has 2 amide bonds. The zero-order chi connectivity index (χ0) is 19.3. The van der Waals surface area contributed by atoms with Gasteiger partial charge in [0.05, 0.1) is 28.3 Å². The first kappa shape index (κ1) is 21.0. The van der Waals surface area contributed by atoms with Gasteiger partial charge in [0.15, 0.2) is 0 Å². The van der Waals surface area contributed by atoms with Gasteiger partial charge in [-0.2, -0.15) is 0 Å². The zero-order valence-electron chi connectivity index (χ0n) is 15.4. The van der Waals surface area contributed by atoms with Gasteiger partial charge in [0.1, 0.15) is 0 Å². The summed E-state index contributed by atoms with van der Waals surface area (Å²) in [6.45, 7) is 9.12. The van der Waals surface area contributed by atoms with E-state index in [1.165, 1.54) is 0 Å². The fourth-order valence-corrected chi connectivity index (χ4v) is 3.23. The molecule has 0 aromatic heterocycles. The van der Waals surface area contributed by atoms with Crippen LogP contribution in [0.2, 0.25) is 10.0 Å². The second-order valence-electron chi connectivity index (χ2n) is 6.80. The third kappa shape index (κ3) is 5.84. The Balaban J connectivity index is 1.83. The lowest BCUT2D eigenvalue weighted by Crippen LogP contribution is -2.54. The largest absolute Gasteiger partial charge is 0.353 e. The standard InChI is InChI=1S/C18H26Cl2N4O2/c1-12(2)21-16(25)11-23-7-9-24(10-8-23)13(3)18(26)22-15-6-4-5-14(19)17(15)20/h4-6,12-13H,7-11H2,1-3H3,(H,21,25)(H,22,26). The van der Waals surface area contributed by atoms with Gasteiger partial charge in [0.25, 0.3) is 0 Å². The number of anilines is 1. The van der Waals surface area contributed by atoms with Crippen molar-refractivity contribution in [3.63, 3.8) is 0 Å². The van der Waals surface area contributed by atoms with Gasteiger partial charge in [-0.3, -0.25) is 19.4 Å². The van der Waals surface area contributed by atoms with Crippen LogP contribution in [0.4, 0.5) is 5.69 Å². The van der Waals surface area contributed by atoms with E-state index in [1.807, 2.05) is 20.8 Å². The van der Waals surface area contributed by atoms with Crippen LogP contribution in [0.5, 0.6) is 0 Å². The molecule has 0 bridgehead atoms. The highest BCUT2D eigenvalue weighted by Crippen LogP contribution is 2.29. The van der Waals surface area contributed by atoms with E-state index in [0.29, 0.717) is 22.3 Å². The molecule has 1 heterocycles. The number of benzene rings is 1. The molecule has 26 heavy (non-hydrogen) atoms. The average Bonchev–Trinajstić information content (AvgIpc) is 2.58. The van der Waals surface area contributed by atoms with Crippen molar-refractivity contribution >= 4 is 40.7 Å². The van der Waals surface area contributed by atoms with E-state index in [-0.39, 0.29) is 23.9 Å². The second kappa shape index (κ2) is 9.55. The first-order valence-electron chi connectivity index (χ1n) is 8.78. The summed E-state index contributed by atoms with van der Waals surface area (Å²) >= 11 is 12.1. The van der Waals surface area contributed by atoms with Gasteiger partial charge in [-0.1, -0.05) is 29.3 Å². The van der Waals surface area contributed by atoms with Crippen LogP contribution in [0.25, 0.3) is 0 Å². The maximum atomic E-state index is 12.5. The molecule has 8 heteroatoms. The molecular formula is C18H26Cl2N4O2. The number of nitrogens with one attached hydrogen (secondary N) is 2. The number of carbonyl (C=O) groups excluding carboxylic acids is 2. The maximum Gasteiger partial charge on any atom is 0.241 e. The normalized spacial score (nSPS) is 17.2. The highest BCUT2D eigenvalue weighted by molar-refractivity contribution is 6.44. The Kier molecular flexibility index (Phi) is 7.70. The molecule has 2 N–H and O–H groups in total. The summed E-state index contributed by atoms with van der Waals surface area (Å²) in [5.74, 6) is -0.0880. The van der Waals surface area contributed by atoms with Crippen molar-refractivity contribution in [3.8, 4) is 0 Å². The molecule has 0 spiro atoms. The SMILES string of the molecule is CC(C)NC(=O)CN1CCN(C(C)C(=O)Nc2cccc(Cl)c2Cl)CC1. The monoisotopic (exact) mass is 400 g/mol. The number of hydrogen-bond donors (Lipinski definition) is 2. The van der Waals surface area contributed by atoms with Gasteiger partial charge in [0.2, 0.25) is 11.8 Å². The van der Waals surface area contributed by atoms with Crippen LogP contribution >= 0.6 is 23.2 Å². The molecule has 1 fully saturated rings. The number of amides is 2. The van der Waals surface area contributed by atoms with Crippen molar-refractivity contribution in [1.82, 2.24) is 15.1 Å². The maximum absolute atomic E-state index is 12.5. The smallest absolute Gasteiger partial charge is 0.241 e. The summed E-state index contributed by atoms with van der Waals surface area (Å²) in [7, 11) is 0. The lowest BCUT2D eigenvalue weighted by molar-refractivity contribution is -0.125. The first-order chi connectivity index (χ1) is 12.3. The van der Waals surface area contributed by atoms with Crippen LogP contribution < -0.4 is 10.6 Å². The Morgan fingerprint density at radius 2 is 1.77 bits per heavy atom. The van der Waals surface area contributed by atoms with E-state index in [9.17, 15) is 9.59 Å². The van der Waals surface area contributed by atoms with Crippen LogP contribution in [0.15, 0.2) is 18.2 Å². The highest BCUT2D eigenvalue weighted by atomic mass is 35.5. The van der Waals surface area contributed by atoms with E-state index in [2.05, 4.69) is 20.4 Å². The molecule has 1 aromatic rings. The van der Waals surface area contributed by atoms with Gasteiger partial charge in [-0.15, -0.1) is 0 Å². The summed E-state index contributed by atoms with van der Waals surface area (Å²) < 4.78 is 0. The molecule has 0 saturated carbocycles. The van der Waals surface area contributed by atoms with E-state index < -0.39 is 0 Å². The van der Waals surface area contributed by atoms with Gasteiger partial charge in [-0.05, 0) is 32.9 Å². The fraction of sp³-hybridized carbons (Fsp3) is 0.556. The van der Waals surface area contributed by atoms with Crippen molar-refractivity contribution in [2.45, 2.75) is 32.9 Å². The number of nitrogens with zero attached hydrogens (tertiary/aromatic N) is 2. The lowest BCUT2D eigenvalue weighted by atomic mass is 10.2. The molecule has 1 aliphatic rings. The van der Waals surface area contributed by atoms with Crippen LogP contribution in [-0.4, -0.2) is 66.4 Å². The zero-order valence-corrected chi connectivity index (χ0v) is 16.9. The molecule has 1 unspecified atom stereocenters. The number of halogens is 2. The summed E-state index contributed by atoms with van der Waals surface area (Å²) in [6.07, 6.45) is 0. The Hall–Kier alpha value is -1.34. The minimum Gasteiger partial charge on any atom is -0.353 e. The quantitative estimate of drug-likeness (QED) is 0.769. The van der Waals surface area contributed by atoms with Crippen LogP contribution in [-0.2, 0) is 9.59 Å². The van der Waals surface area contributed by atoms with E-state index >= 15 is 0 Å². The second-order valence-corrected chi connectivity index (χ2v) is 7.59. The lowest BCUT2D eigenvalue weighted by Gasteiger charge is -2.37. The molecule has 1 aromatic carbocycles. The predicted molar refractivity (Wildman–Crippen MR) is 106 cm³/mol. The predicted octanol–water partition coefficient (Wildman–Crippen LogP) is 2.46. The number of piperazine rings is 1. The Bertz CT molecular complexity index is 646. The third-order valence-corrected chi connectivity index (χ3v) is 5.18. The topological polar surface area (TPSA) is 64.7 Å². The van der Waals surface area contributed by atoms with Crippen LogP contribution in [0.1, 0.15) is 20.8 Å². The minimum atomic E-state index is -0.295. The van der Waals surface area contributed by atoms with Crippen molar-refractivity contribution in [1.29, 1.82) is 0 Å². The Morgan fingerprint density at radius 1 is 1.12 bits per heavy atom. The number of hydrogen-bond acceptors (Lipinski definition) is 4. The molecule has 1 aliphatic heterocycles. The van der Waals surface area contributed by atoms with Crippen molar-refractivity contribution < 1.29 is 9.59 Å². The molecule has 0 radical (unpaired) electrons. The molecule has 1 atom stereocenters. The Morgan fingerprint density at radius 3 is 2.38 bits per heavy atom. The van der Waals surface area contributed by atoms with Crippen LogP contribution in [0.3, 0.4) is 0 Å². The first-order valence-corrected chi connectivity index (χ1v) is 9.54. The van der Waals surface area contributed by atoms with Gasteiger partial charge in [-0.25, -0.2) is 0 Å². The van der Waals surface area contributed by atoms with Crippen molar-refractivity contribution in [2.24, 2.45) is 0 Å². The Labute approximate surface area is 164 Å². The highest BCUT2D eigenvalue weighted by Gasteiger charge is 2.26. The van der Waals surface area contributed by atoms with Gasteiger partial charge >= 0.3 is 0 Å². The minimum absolute atomic E-state index is 0.0369. The number of carbonyl (C=O) groups is 2. The summed E-state index contributed by atoms with van der Waals surface area (Å²) in [4.78, 5) is 28.6. The van der Waals surface area contributed by atoms with E-state index in [0.717, 1.165) is 26.2 Å². The molecular weight excluding hydrogens is 375 g/mol. The summed E-state index contributed by atoms with van der Waals surface area (Å²) in [5.41, 5.74) is 0.514.